The molecular weight excluding hydrogens is 507 g/mol. The number of benzene rings is 2. The molecule has 1 amide bonds. The van der Waals surface area contributed by atoms with Crippen LogP contribution in [0.5, 0.6) is 0 Å². The predicted octanol–water partition coefficient (Wildman–Crippen LogP) is 4.13. The molecule has 0 unspecified atom stereocenters. The van der Waals surface area contributed by atoms with Crippen LogP contribution in [0.3, 0.4) is 0 Å². The molecule has 38 heavy (non-hydrogen) atoms. The smallest absolute Gasteiger partial charge is 0.263 e. The van der Waals surface area contributed by atoms with Gasteiger partial charge in [-0.1, -0.05) is 17.7 Å². The average Bonchev–Trinajstić information content (AvgIpc) is 3.38. The molecule has 2 aromatic carbocycles. The van der Waals surface area contributed by atoms with Crippen molar-refractivity contribution in [3.63, 3.8) is 0 Å². The number of hydrogen-bond donors (Lipinski definition) is 2. The molecule has 3 aliphatic heterocycles. The Kier molecular flexibility index (Phi) is 6.37. The van der Waals surface area contributed by atoms with E-state index in [1.807, 2.05) is 17.0 Å². The van der Waals surface area contributed by atoms with Crippen LogP contribution < -0.4 is 20.4 Å². The number of halogens is 2. The number of carbonyl (C=O) groups is 1. The topological polar surface area (TPSA) is 89.0 Å². The summed E-state index contributed by atoms with van der Waals surface area (Å²) in [6, 6.07) is 13.0. The van der Waals surface area contributed by atoms with Crippen molar-refractivity contribution in [1.82, 2.24) is 20.2 Å². The third-order valence-corrected chi connectivity index (χ3v) is 7.49. The maximum Gasteiger partial charge on any atom is 0.263 e. The van der Waals surface area contributed by atoms with E-state index in [9.17, 15) is 4.79 Å². The molecule has 0 saturated carbocycles. The number of guanidine groups is 1. The molecule has 4 heterocycles. The van der Waals surface area contributed by atoms with Crippen molar-refractivity contribution in [1.29, 1.82) is 0 Å². The number of amides is 1. The Balaban J connectivity index is 1.33. The zero-order valence-corrected chi connectivity index (χ0v) is 22.0. The van der Waals surface area contributed by atoms with Crippen LogP contribution in [0.25, 0.3) is 11.3 Å². The minimum atomic E-state index is -0.569. The van der Waals surface area contributed by atoms with Gasteiger partial charge in [-0.15, -0.1) is 0 Å². The van der Waals surface area contributed by atoms with Crippen molar-refractivity contribution in [3.05, 3.63) is 58.9 Å². The van der Waals surface area contributed by atoms with Gasteiger partial charge in [0.15, 0.2) is 5.82 Å². The Morgan fingerprint density at radius 1 is 1.00 bits per heavy atom. The molecule has 1 fully saturated rings. The van der Waals surface area contributed by atoms with E-state index in [1.165, 1.54) is 12.1 Å². The van der Waals surface area contributed by atoms with Crippen molar-refractivity contribution < 1.29 is 9.18 Å². The number of hydrogen-bond acceptors (Lipinski definition) is 8. The Bertz CT molecular complexity index is 1400. The lowest BCUT2D eigenvalue weighted by Crippen LogP contribution is -2.48. The van der Waals surface area contributed by atoms with Crippen LogP contribution in [0.15, 0.2) is 47.5 Å². The molecule has 0 aliphatic carbocycles. The summed E-state index contributed by atoms with van der Waals surface area (Å²) in [6.07, 6.45) is 0. The van der Waals surface area contributed by atoms with E-state index in [0.717, 1.165) is 37.6 Å². The van der Waals surface area contributed by atoms with Crippen molar-refractivity contribution in [3.8, 4) is 11.3 Å². The van der Waals surface area contributed by atoms with Gasteiger partial charge in [-0.3, -0.25) is 24.9 Å². The summed E-state index contributed by atoms with van der Waals surface area (Å²) in [6.45, 7) is 9.56. The van der Waals surface area contributed by atoms with Gasteiger partial charge in [0.05, 0.1) is 22.8 Å². The zero-order chi connectivity index (χ0) is 26.4. The summed E-state index contributed by atoms with van der Waals surface area (Å²) < 4.78 is 15.0. The molecule has 0 radical (unpaired) electrons. The maximum absolute atomic E-state index is 15.0. The molecule has 6 rings (SSSR count). The van der Waals surface area contributed by atoms with E-state index >= 15 is 4.39 Å². The van der Waals surface area contributed by atoms with Crippen molar-refractivity contribution in [2.75, 3.05) is 54.4 Å². The number of piperazine rings is 1. The van der Waals surface area contributed by atoms with Crippen LogP contribution in [0.2, 0.25) is 5.02 Å². The fourth-order valence-electron chi connectivity index (χ4n) is 5.12. The molecule has 1 aromatic heterocycles. The summed E-state index contributed by atoms with van der Waals surface area (Å²) in [4.78, 5) is 33.3. The Hall–Kier alpha value is -3.76. The zero-order valence-electron chi connectivity index (χ0n) is 21.2. The minimum absolute atomic E-state index is 0.0569. The first-order chi connectivity index (χ1) is 18.4. The number of rotatable bonds is 5. The monoisotopic (exact) mass is 534 g/mol. The van der Waals surface area contributed by atoms with Gasteiger partial charge >= 0.3 is 0 Å². The van der Waals surface area contributed by atoms with Crippen molar-refractivity contribution in [2.24, 2.45) is 4.99 Å². The van der Waals surface area contributed by atoms with Crippen LogP contribution in [0.1, 0.15) is 24.2 Å². The first kappa shape index (κ1) is 24.6. The highest BCUT2D eigenvalue weighted by Crippen LogP contribution is 2.38. The highest BCUT2D eigenvalue weighted by Gasteiger charge is 2.36. The lowest BCUT2D eigenvalue weighted by Gasteiger charge is -2.38. The average molecular weight is 535 g/mol. The van der Waals surface area contributed by atoms with Crippen LogP contribution in [0, 0.1) is 5.82 Å². The van der Waals surface area contributed by atoms with Crippen LogP contribution in [-0.4, -0.2) is 72.0 Å². The summed E-state index contributed by atoms with van der Waals surface area (Å²) in [5.41, 5.74) is 2.28. The molecule has 3 aromatic rings. The van der Waals surface area contributed by atoms with E-state index in [0.29, 0.717) is 30.9 Å². The lowest BCUT2D eigenvalue weighted by atomic mass is 10.0. The maximum atomic E-state index is 15.0. The second-order valence-electron chi connectivity index (χ2n) is 9.79. The predicted molar refractivity (Wildman–Crippen MR) is 148 cm³/mol. The Morgan fingerprint density at radius 3 is 2.47 bits per heavy atom. The van der Waals surface area contributed by atoms with Gasteiger partial charge in [0.1, 0.15) is 11.4 Å². The Morgan fingerprint density at radius 2 is 1.76 bits per heavy atom. The van der Waals surface area contributed by atoms with Crippen LogP contribution in [-0.2, 0) is 0 Å². The molecule has 9 nitrogen and oxygen atoms in total. The van der Waals surface area contributed by atoms with Gasteiger partial charge in [0.25, 0.3) is 5.91 Å². The number of fused-ring (bicyclic) bond motifs is 3. The number of aliphatic imine (C=N–C) groups is 1. The summed E-state index contributed by atoms with van der Waals surface area (Å²) in [7, 11) is 0. The molecule has 1 saturated heterocycles. The first-order valence-electron chi connectivity index (χ1n) is 12.7. The minimum Gasteiger partial charge on any atom is -0.369 e. The molecule has 2 N–H and O–H groups in total. The van der Waals surface area contributed by atoms with Gasteiger partial charge in [-0.05, 0) is 50.2 Å². The number of nitrogens with zero attached hydrogens (tertiary/aromatic N) is 6. The number of aromatic nitrogens is 2. The number of nitrogens with one attached hydrogen (secondary N) is 2. The highest BCUT2D eigenvalue weighted by atomic mass is 35.5. The van der Waals surface area contributed by atoms with E-state index in [2.05, 4.69) is 61.4 Å². The van der Waals surface area contributed by atoms with E-state index < -0.39 is 11.7 Å². The van der Waals surface area contributed by atoms with Crippen LogP contribution in [0.4, 0.5) is 27.5 Å². The summed E-state index contributed by atoms with van der Waals surface area (Å²) in [5.74, 6) is 0.0214. The summed E-state index contributed by atoms with van der Waals surface area (Å²) >= 11 is 6.40. The van der Waals surface area contributed by atoms with Gasteiger partial charge in [0.2, 0.25) is 11.9 Å². The third-order valence-electron chi connectivity index (χ3n) is 7.17. The fraction of sp³-hybridized carbons (Fsp3) is 0.333. The molecule has 0 bridgehead atoms. The molecule has 196 valence electrons. The molecular formula is C27H28ClFN8O. The largest absolute Gasteiger partial charge is 0.369 e. The standard InChI is InChI=1S/C27H28ClFN8O/c1-16(2)35-12-14-36(15-13-35)18-8-6-17(7-9-18)31-26-32-23(21-19(28)4-3-5-20(21)29)22-24(33-26)37-11-10-30-27(37)34-25(22)38/h3-9,16H,10-15H2,1-2H3,(H,30,34,38)(H,31,32,33). The first-order valence-corrected chi connectivity index (χ1v) is 13.1. The lowest BCUT2D eigenvalue weighted by molar-refractivity contribution is 0.0974. The number of anilines is 4. The van der Waals surface area contributed by atoms with Gasteiger partial charge < -0.3 is 10.2 Å². The SMILES string of the molecule is CC(C)N1CCN(c2ccc(Nc3nc(-c4c(F)cccc4Cl)c4c(n3)N3CCN=C3NC4=O)cc2)CC1. The van der Waals surface area contributed by atoms with E-state index in [1.54, 1.807) is 6.07 Å². The van der Waals surface area contributed by atoms with E-state index in [-0.39, 0.29) is 27.8 Å². The fourth-order valence-corrected chi connectivity index (χ4v) is 5.37. The van der Waals surface area contributed by atoms with E-state index in [4.69, 9.17) is 11.6 Å². The highest BCUT2D eigenvalue weighted by molar-refractivity contribution is 6.33. The number of carbonyl (C=O) groups excluding carboxylic acids is 1. The van der Waals surface area contributed by atoms with Gasteiger partial charge in [-0.25, -0.2) is 9.37 Å². The van der Waals surface area contributed by atoms with Crippen molar-refractivity contribution in [2.45, 2.75) is 19.9 Å². The second-order valence-corrected chi connectivity index (χ2v) is 10.2. The van der Waals surface area contributed by atoms with Crippen LogP contribution >= 0.6 is 11.6 Å². The van der Waals surface area contributed by atoms with Gasteiger partial charge in [0, 0.05) is 50.1 Å². The summed E-state index contributed by atoms with van der Waals surface area (Å²) in [5, 5.41) is 6.16. The molecule has 0 atom stereocenters. The normalized spacial score (nSPS) is 17.3. The second kappa shape index (κ2) is 9.85. The molecule has 0 spiro atoms. The Labute approximate surface area is 225 Å². The quantitative estimate of drug-likeness (QED) is 0.509. The molecule has 3 aliphatic rings. The molecule has 11 heteroatoms. The van der Waals surface area contributed by atoms with Crippen molar-refractivity contribution >= 4 is 46.6 Å². The van der Waals surface area contributed by atoms with Gasteiger partial charge in [-0.2, -0.15) is 4.98 Å². The third kappa shape index (κ3) is 4.43.